The molecule has 1 aliphatic rings. The first kappa shape index (κ1) is 28.7. The van der Waals surface area contributed by atoms with Crippen molar-refractivity contribution in [3.8, 4) is 11.1 Å². The van der Waals surface area contributed by atoms with Crippen LogP contribution in [0, 0.1) is 0 Å². The fourth-order valence-corrected chi connectivity index (χ4v) is 5.52. The molecule has 0 radical (unpaired) electrons. The minimum atomic E-state index is -1.21. The van der Waals surface area contributed by atoms with E-state index >= 15 is 0 Å². The first-order valence-electron chi connectivity index (χ1n) is 13.2. The number of amides is 2. The molecule has 1 saturated heterocycles. The highest BCUT2D eigenvalue weighted by Crippen LogP contribution is 2.37. The lowest BCUT2D eigenvalue weighted by molar-refractivity contribution is -0.127. The van der Waals surface area contributed by atoms with Crippen molar-refractivity contribution < 1.29 is 19.1 Å². The summed E-state index contributed by atoms with van der Waals surface area (Å²) in [6.45, 7) is 10.7. The fraction of sp³-hybridized carbons (Fsp3) is 0.375. The quantitative estimate of drug-likeness (QED) is 0.313. The van der Waals surface area contributed by atoms with E-state index in [2.05, 4.69) is 53.8 Å². The number of carbonyl (C=O) groups excluding carboxylic acids is 2. The number of rotatable bonds is 7. The number of hydrogen-bond donors (Lipinski definition) is 1. The van der Waals surface area contributed by atoms with E-state index in [0.29, 0.717) is 5.69 Å². The number of benzene rings is 3. The number of nitrogens with one attached hydrogen (secondary N) is 1. The molecule has 0 spiro atoms. The van der Waals surface area contributed by atoms with Crippen LogP contribution in [-0.2, 0) is 20.7 Å². The van der Waals surface area contributed by atoms with Crippen LogP contribution in [0.5, 0.6) is 0 Å². The number of anilines is 1. The zero-order chi connectivity index (χ0) is 28.3. The summed E-state index contributed by atoms with van der Waals surface area (Å²) in [5, 5.41) is 2.96. The van der Waals surface area contributed by atoms with Crippen molar-refractivity contribution in [1.82, 2.24) is 4.90 Å². The van der Waals surface area contributed by atoms with Gasteiger partial charge in [-0.05, 0) is 88.9 Å². The van der Waals surface area contributed by atoms with Crippen molar-refractivity contribution in [3.05, 3.63) is 84.4 Å². The number of carbonyl (C=O) groups is 2. The maximum atomic E-state index is 13.4. The van der Waals surface area contributed by atoms with Crippen LogP contribution < -0.4 is 5.32 Å². The standard InChI is InChI=1S/C32H38N2O4S/c1-30(2,3)38-29(36)34-31(4,5)37-22-32(34,6)28(35)33-26-16-18-27(19-17-26)39-21-20-23-12-14-25(15-13-23)24-10-8-7-9-11-24/h7-19H,20-22H2,1-6H3,(H,33,35)/t32-/m0/s1. The summed E-state index contributed by atoms with van der Waals surface area (Å²) >= 11 is 1.78. The van der Waals surface area contributed by atoms with Crippen molar-refractivity contribution in [2.24, 2.45) is 0 Å². The van der Waals surface area contributed by atoms with E-state index in [-0.39, 0.29) is 12.5 Å². The largest absolute Gasteiger partial charge is 0.444 e. The number of thioether (sulfide) groups is 1. The summed E-state index contributed by atoms with van der Waals surface area (Å²) in [6.07, 6.45) is 0.386. The van der Waals surface area contributed by atoms with Gasteiger partial charge in [-0.1, -0.05) is 54.6 Å². The highest BCUT2D eigenvalue weighted by atomic mass is 32.2. The Morgan fingerprint density at radius 3 is 2.15 bits per heavy atom. The summed E-state index contributed by atoms with van der Waals surface area (Å²) in [7, 11) is 0. The zero-order valence-corrected chi connectivity index (χ0v) is 24.4. The van der Waals surface area contributed by atoms with Crippen molar-refractivity contribution in [2.45, 2.75) is 69.7 Å². The highest BCUT2D eigenvalue weighted by Gasteiger charge is 2.57. The lowest BCUT2D eigenvalue weighted by atomic mass is 9.99. The van der Waals surface area contributed by atoms with Crippen molar-refractivity contribution in [1.29, 1.82) is 0 Å². The van der Waals surface area contributed by atoms with Crippen LogP contribution in [0.15, 0.2) is 83.8 Å². The van der Waals surface area contributed by atoms with Gasteiger partial charge in [0.2, 0.25) is 0 Å². The second-order valence-electron chi connectivity index (χ2n) is 11.5. The maximum Gasteiger partial charge on any atom is 0.413 e. The van der Waals surface area contributed by atoms with Gasteiger partial charge in [-0.3, -0.25) is 9.69 Å². The molecule has 3 aromatic rings. The number of aryl methyl sites for hydroxylation is 1. The Bertz CT molecular complexity index is 1280. The lowest BCUT2D eigenvalue weighted by Gasteiger charge is -2.39. The van der Waals surface area contributed by atoms with Gasteiger partial charge in [-0.2, -0.15) is 0 Å². The molecule has 7 heteroatoms. The Morgan fingerprint density at radius 1 is 0.923 bits per heavy atom. The van der Waals surface area contributed by atoms with Crippen molar-refractivity contribution in [3.63, 3.8) is 0 Å². The first-order valence-corrected chi connectivity index (χ1v) is 14.2. The predicted octanol–water partition coefficient (Wildman–Crippen LogP) is 7.39. The molecule has 2 amide bonds. The normalized spacial score (nSPS) is 18.6. The van der Waals surface area contributed by atoms with Crippen LogP contribution in [0.4, 0.5) is 10.5 Å². The number of ether oxygens (including phenoxy) is 2. The van der Waals surface area contributed by atoms with E-state index in [9.17, 15) is 9.59 Å². The Morgan fingerprint density at radius 2 is 1.54 bits per heavy atom. The van der Waals surface area contributed by atoms with Gasteiger partial charge in [0.15, 0.2) is 0 Å². The molecule has 1 atom stereocenters. The van der Waals surface area contributed by atoms with Crippen molar-refractivity contribution in [2.75, 3.05) is 17.7 Å². The summed E-state index contributed by atoms with van der Waals surface area (Å²) < 4.78 is 11.4. The molecular weight excluding hydrogens is 508 g/mol. The van der Waals surface area contributed by atoms with Crippen molar-refractivity contribution >= 4 is 29.4 Å². The first-order chi connectivity index (χ1) is 18.4. The average molecular weight is 547 g/mol. The molecule has 0 unspecified atom stereocenters. The topological polar surface area (TPSA) is 67.9 Å². The highest BCUT2D eigenvalue weighted by molar-refractivity contribution is 7.99. The Labute approximate surface area is 236 Å². The molecule has 0 saturated carbocycles. The molecule has 0 aliphatic carbocycles. The summed E-state index contributed by atoms with van der Waals surface area (Å²) in [5.74, 6) is 0.629. The van der Waals surface area contributed by atoms with Crippen LogP contribution in [0.3, 0.4) is 0 Å². The monoisotopic (exact) mass is 546 g/mol. The minimum Gasteiger partial charge on any atom is -0.444 e. The number of nitrogens with zero attached hydrogens (tertiary/aromatic N) is 1. The van der Waals surface area contributed by atoms with Crippen LogP contribution in [0.25, 0.3) is 11.1 Å². The SMILES string of the molecule is CC(C)(C)OC(=O)N1C(C)(C)OC[C@@]1(C)C(=O)Nc1ccc(SCCc2ccc(-c3ccccc3)cc2)cc1. The fourth-order valence-electron chi connectivity index (χ4n) is 4.62. The Kier molecular flexibility index (Phi) is 8.42. The van der Waals surface area contributed by atoms with Gasteiger partial charge in [0.05, 0.1) is 6.61 Å². The third-order valence-electron chi connectivity index (χ3n) is 6.64. The van der Waals surface area contributed by atoms with E-state index in [1.807, 2.05) is 30.3 Å². The molecular formula is C32H38N2O4S. The molecule has 39 heavy (non-hydrogen) atoms. The van der Waals surface area contributed by atoms with E-state index in [0.717, 1.165) is 17.1 Å². The van der Waals surface area contributed by atoms with E-state index in [1.165, 1.54) is 21.6 Å². The Hall–Kier alpha value is -3.29. The van der Waals surface area contributed by atoms with E-state index in [4.69, 9.17) is 9.47 Å². The van der Waals surface area contributed by atoms with Gasteiger partial charge in [0, 0.05) is 16.3 Å². The molecule has 1 heterocycles. The molecule has 1 fully saturated rings. The third-order valence-corrected chi connectivity index (χ3v) is 7.65. The smallest absolute Gasteiger partial charge is 0.413 e. The molecule has 0 aromatic heterocycles. The average Bonchev–Trinajstić information content (AvgIpc) is 3.14. The molecule has 206 valence electrons. The second kappa shape index (κ2) is 11.4. The summed E-state index contributed by atoms with van der Waals surface area (Å²) in [4.78, 5) is 28.9. The second-order valence-corrected chi connectivity index (χ2v) is 12.6. The molecule has 4 rings (SSSR count). The van der Waals surface area contributed by atoms with Gasteiger partial charge in [-0.15, -0.1) is 11.8 Å². The molecule has 1 N–H and O–H groups in total. The molecule has 3 aromatic carbocycles. The lowest BCUT2D eigenvalue weighted by Crippen LogP contribution is -2.60. The van der Waals surface area contributed by atoms with Gasteiger partial charge in [0.25, 0.3) is 5.91 Å². The predicted molar refractivity (Wildman–Crippen MR) is 158 cm³/mol. The van der Waals surface area contributed by atoms with Gasteiger partial charge in [0.1, 0.15) is 16.9 Å². The van der Waals surface area contributed by atoms with E-state index < -0.39 is 23.0 Å². The maximum absolute atomic E-state index is 13.4. The van der Waals surface area contributed by atoms with Crippen LogP contribution in [0.1, 0.15) is 47.1 Å². The molecule has 6 nitrogen and oxygen atoms in total. The van der Waals surface area contributed by atoms with Gasteiger partial charge in [-0.25, -0.2) is 4.79 Å². The summed E-state index contributed by atoms with van der Waals surface area (Å²) in [5.41, 5.74) is 1.53. The third kappa shape index (κ3) is 7.02. The zero-order valence-electron chi connectivity index (χ0n) is 23.6. The molecule has 1 aliphatic heterocycles. The summed E-state index contributed by atoms with van der Waals surface area (Å²) in [6, 6.07) is 26.9. The van der Waals surface area contributed by atoms with Crippen LogP contribution in [-0.4, -0.2) is 46.1 Å². The van der Waals surface area contributed by atoms with E-state index in [1.54, 1.807) is 53.3 Å². The van der Waals surface area contributed by atoms with Crippen LogP contribution in [0.2, 0.25) is 0 Å². The van der Waals surface area contributed by atoms with Gasteiger partial charge >= 0.3 is 6.09 Å². The number of hydrogen-bond acceptors (Lipinski definition) is 5. The minimum absolute atomic E-state index is 0.0747. The van der Waals surface area contributed by atoms with Crippen LogP contribution >= 0.6 is 11.8 Å². The van der Waals surface area contributed by atoms with Gasteiger partial charge < -0.3 is 14.8 Å². The Balaban J connectivity index is 1.32. The molecule has 0 bridgehead atoms.